The maximum atomic E-state index is 13.7. The van der Waals surface area contributed by atoms with Gasteiger partial charge in [-0.2, -0.15) is 0 Å². The molecule has 2 N–H and O–H groups in total. The van der Waals surface area contributed by atoms with Crippen molar-refractivity contribution in [3.8, 4) is 17.0 Å². The summed E-state index contributed by atoms with van der Waals surface area (Å²) in [5.41, 5.74) is 2.73. The van der Waals surface area contributed by atoms with Crippen LogP contribution in [0.5, 0.6) is 5.75 Å². The van der Waals surface area contributed by atoms with Crippen molar-refractivity contribution in [1.29, 1.82) is 0 Å². The number of aryl methyl sites for hydroxylation is 1. The summed E-state index contributed by atoms with van der Waals surface area (Å²) >= 11 is 0. The molecule has 2 aromatic carbocycles. The van der Waals surface area contributed by atoms with Crippen LogP contribution in [0.1, 0.15) is 5.56 Å². The highest BCUT2D eigenvalue weighted by molar-refractivity contribution is 7.91. The Morgan fingerprint density at radius 2 is 2.07 bits per heavy atom. The monoisotopic (exact) mass is 388 g/mol. The van der Waals surface area contributed by atoms with Gasteiger partial charge in [0.15, 0.2) is 16.4 Å². The van der Waals surface area contributed by atoms with E-state index in [0.29, 0.717) is 22.4 Å². The fourth-order valence-electron chi connectivity index (χ4n) is 3.33. The molecule has 0 saturated heterocycles. The highest BCUT2D eigenvalue weighted by Crippen LogP contribution is 2.39. The van der Waals surface area contributed by atoms with Gasteiger partial charge in [-0.3, -0.25) is 4.79 Å². The number of halogens is 1. The predicted octanol–water partition coefficient (Wildman–Crippen LogP) is 2.43. The molecule has 1 amide bonds. The molecule has 0 unspecified atom stereocenters. The average Bonchev–Trinajstić information content (AvgIpc) is 2.96. The highest BCUT2D eigenvalue weighted by atomic mass is 32.2. The molecule has 8 heteroatoms. The number of nitrogens with one attached hydrogen (secondary N) is 2. The maximum absolute atomic E-state index is 13.7. The van der Waals surface area contributed by atoms with Gasteiger partial charge < -0.3 is 15.0 Å². The molecule has 0 aliphatic carbocycles. The second kappa shape index (κ2) is 6.38. The van der Waals surface area contributed by atoms with E-state index < -0.39 is 9.84 Å². The van der Waals surface area contributed by atoms with E-state index in [1.165, 1.54) is 25.2 Å². The number of sulfone groups is 1. The molecule has 1 aliphatic heterocycles. The second-order valence-corrected chi connectivity index (χ2v) is 8.43. The minimum absolute atomic E-state index is 0.0879. The summed E-state index contributed by atoms with van der Waals surface area (Å²) in [4.78, 5) is 14.7. The number of rotatable bonds is 3. The first-order valence-electron chi connectivity index (χ1n) is 8.40. The van der Waals surface area contributed by atoms with Crippen LogP contribution in [0.4, 0.5) is 4.39 Å². The maximum Gasteiger partial charge on any atom is 0.257 e. The lowest BCUT2D eigenvalue weighted by molar-refractivity contribution is -0.122. The van der Waals surface area contributed by atoms with Crippen molar-refractivity contribution in [2.75, 3.05) is 19.4 Å². The lowest BCUT2D eigenvalue weighted by atomic mass is 10.0. The van der Waals surface area contributed by atoms with Crippen LogP contribution < -0.4 is 10.1 Å². The van der Waals surface area contributed by atoms with Crippen LogP contribution in [-0.4, -0.2) is 38.7 Å². The summed E-state index contributed by atoms with van der Waals surface area (Å²) < 4.78 is 44.6. The lowest BCUT2D eigenvalue weighted by Gasteiger charge is -2.10. The standard InChI is InChI=1S/C19H17FN2O4S/c1-21-18(23)10-26-12-3-4-14-17(9-12)27(24,25)7-6-13-15-8-11(20)2-5-16(15)22-19(13)14/h2-5,8-9,22H,6-7,10H2,1H3,(H,21,23). The Balaban J connectivity index is 1.86. The van der Waals surface area contributed by atoms with E-state index in [4.69, 9.17) is 4.74 Å². The van der Waals surface area contributed by atoms with Gasteiger partial charge in [0.05, 0.1) is 16.3 Å². The number of hydrogen-bond donors (Lipinski definition) is 2. The zero-order valence-electron chi connectivity index (χ0n) is 14.5. The fourth-order valence-corrected chi connectivity index (χ4v) is 4.83. The number of benzene rings is 2. The second-order valence-electron chi connectivity index (χ2n) is 6.36. The summed E-state index contributed by atoms with van der Waals surface area (Å²) in [6, 6.07) is 9.15. The fraction of sp³-hybridized carbons (Fsp3) is 0.211. The molecule has 2 heterocycles. The van der Waals surface area contributed by atoms with Gasteiger partial charge in [0, 0.05) is 23.5 Å². The van der Waals surface area contributed by atoms with Crippen LogP contribution in [0, 0.1) is 5.82 Å². The first-order chi connectivity index (χ1) is 12.9. The number of aromatic amines is 1. The Kier molecular flexibility index (Phi) is 4.15. The van der Waals surface area contributed by atoms with Crippen LogP contribution in [-0.2, 0) is 21.1 Å². The van der Waals surface area contributed by atoms with E-state index in [1.54, 1.807) is 18.2 Å². The molecule has 1 aliphatic rings. The van der Waals surface area contributed by atoms with Gasteiger partial charge in [-0.05, 0) is 48.4 Å². The number of carbonyl (C=O) groups excluding carboxylic acids is 1. The van der Waals surface area contributed by atoms with Gasteiger partial charge in [0.2, 0.25) is 0 Å². The average molecular weight is 388 g/mol. The smallest absolute Gasteiger partial charge is 0.257 e. The number of hydrogen-bond acceptors (Lipinski definition) is 4. The molecule has 0 saturated carbocycles. The van der Waals surface area contributed by atoms with Crippen molar-refractivity contribution < 1.29 is 22.3 Å². The minimum atomic E-state index is -3.56. The van der Waals surface area contributed by atoms with Gasteiger partial charge >= 0.3 is 0 Å². The first kappa shape index (κ1) is 17.5. The van der Waals surface area contributed by atoms with E-state index >= 15 is 0 Å². The van der Waals surface area contributed by atoms with Gasteiger partial charge in [0.25, 0.3) is 5.91 Å². The Morgan fingerprint density at radius 3 is 2.85 bits per heavy atom. The third-order valence-electron chi connectivity index (χ3n) is 4.70. The SMILES string of the molecule is CNC(=O)COc1ccc2c(c1)S(=O)(=O)CCc1c-2[nH]c2ccc(F)cc12. The van der Waals surface area contributed by atoms with Crippen molar-refractivity contribution in [3.63, 3.8) is 0 Å². The van der Waals surface area contributed by atoms with E-state index in [9.17, 15) is 17.6 Å². The van der Waals surface area contributed by atoms with Crippen LogP contribution in [0.3, 0.4) is 0 Å². The molecule has 140 valence electrons. The van der Waals surface area contributed by atoms with Crippen molar-refractivity contribution in [1.82, 2.24) is 10.3 Å². The van der Waals surface area contributed by atoms with Crippen molar-refractivity contribution in [2.24, 2.45) is 0 Å². The summed E-state index contributed by atoms with van der Waals surface area (Å²) in [7, 11) is -2.06. The Bertz CT molecular complexity index is 1170. The summed E-state index contributed by atoms with van der Waals surface area (Å²) in [6.45, 7) is -0.202. The van der Waals surface area contributed by atoms with E-state index in [-0.39, 0.29) is 35.4 Å². The molecular weight excluding hydrogens is 371 g/mol. The summed E-state index contributed by atoms with van der Waals surface area (Å²) in [5.74, 6) is -0.469. The number of amides is 1. The summed E-state index contributed by atoms with van der Waals surface area (Å²) in [6.07, 6.45) is 0.282. The Morgan fingerprint density at radius 1 is 1.26 bits per heavy atom. The first-order valence-corrected chi connectivity index (χ1v) is 10.0. The minimum Gasteiger partial charge on any atom is -0.484 e. The molecule has 6 nitrogen and oxygen atoms in total. The molecule has 27 heavy (non-hydrogen) atoms. The van der Waals surface area contributed by atoms with Crippen LogP contribution in [0.25, 0.3) is 22.2 Å². The molecule has 0 bridgehead atoms. The van der Waals surface area contributed by atoms with Crippen LogP contribution in [0.15, 0.2) is 41.3 Å². The highest BCUT2D eigenvalue weighted by Gasteiger charge is 2.28. The lowest BCUT2D eigenvalue weighted by Crippen LogP contribution is -2.24. The Labute approximate surface area is 155 Å². The molecule has 0 radical (unpaired) electrons. The van der Waals surface area contributed by atoms with E-state index in [0.717, 1.165) is 11.1 Å². The number of aromatic nitrogens is 1. The quantitative estimate of drug-likeness (QED) is 0.721. The van der Waals surface area contributed by atoms with Crippen LogP contribution >= 0.6 is 0 Å². The number of H-pyrrole nitrogens is 1. The Hall–Kier alpha value is -2.87. The molecule has 0 atom stereocenters. The van der Waals surface area contributed by atoms with Gasteiger partial charge in [0.1, 0.15) is 11.6 Å². The molecule has 0 fully saturated rings. The van der Waals surface area contributed by atoms with E-state index in [1.807, 2.05) is 0 Å². The molecule has 1 aromatic heterocycles. The number of carbonyl (C=O) groups is 1. The largest absolute Gasteiger partial charge is 0.484 e. The van der Waals surface area contributed by atoms with Gasteiger partial charge in [-0.15, -0.1) is 0 Å². The van der Waals surface area contributed by atoms with Crippen molar-refractivity contribution in [3.05, 3.63) is 47.8 Å². The zero-order valence-corrected chi connectivity index (χ0v) is 15.3. The van der Waals surface area contributed by atoms with Crippen molar-refractivity contribution in [2.45, 2.75) is 11.3 Å². The summed E-state index contributed by atoms with van der Waals surface area (Å²) in [5, 5.41) is 3.13. The topological polar surface area (TPSA) is 88.3 Å². The van der Waals surface area contributed by atoms with Crippen molar-refractivity contribution >= 4 is 26.6 Å². The van der Waals surface area contributed by atoms with Gasteiger partial charge in [-0.1, -0.05) is 0 Å². The third kappa shape index (κ3) is 3.06. The number of ether oxygens (including phenoxy) is 1. The molecular formula is C19H17FN2O4S. The number of fused-ring (bicyclic) bond motifs is 5. The third-order valence-corrected chi connectivity index (χ3v) is 6.44. The van der Waals surface area contributed by atoms with Gasteiger partial charge in [-0.25, -0.2) is 12.8 Å². The molecule has 4 rings (SSSR count). The predicted molar refractivity (Wildman–Crippen MR) is 99.0 cm³/mol. The normalized spacial score (nSPS) is 14.9. The van der Waals surface area contributed by atoms with E-state index in [2.05, 4.69) is 10.3 Å². The molecule has 0 spiro atoms. The number of likely N-dealkylation sites (N-methyl/N-ethyl adjacent to an activating group) is 1. The zero-order chi connectivity index (χ0) is 19.2. The van der Waals surface area contributed by atoms with Crippen LogP contribution in [0.2, 0.25) is 0 Å². The molecule has 3 aromatic rings.